The van der Waals surface area contributed by atoms with Crippen molar-refractivity contribution in [1.82, 2.24) is 9.55 Å². The first-order valence-corrected chi connectivity index (χ1v) is 10.5. The maximum absolute atomic E-state index is 12.7. The largest absolute Gasteiger partial charge is 0.467 e. The smallest absolute Gasteiger partial charge is 0.349 e. The van der Waals surface area contributed by atoms with E-state index in [9.17, 15) is 4.79 Å². The molecule has 5 rings (SSSR count). The molecular weight excluding hydrogens is 368 g/mol. The number of furan rings is 1. The molecule has 2 heterocycles. The topological polar surface area (TPSA) is 48.0 Å². The van der Waals surface area contributed by atoms with Crippen LogP contribution >= 0.6 is 11.8 Å². The number of hydrogen-bond acceptors (Lipinski definition) is 4. The first-order valence-electron chi connectivity index (χ1n) is 9.54. The Balaban J connectivity index is 1.47. The highest BCUT2D eigenvalue weighted by molar-refractivity contribution is 7.98. The highest BCUT2D eigenvalue weighted by Crippen LogP contribution is 2.32. The summed E-state index contributed by atoms with van der Waals surface area (Å²) in [5.74, 6) is 1.59. The Morgan fingerprint density at radius 1 is 1.04 bits per heavy atom. The lowest BCUT2D eigenvalue weighted by Crippen LogP contribution is -2.27. The zero-order valence-corrected chi connectivity index (χ0v) is 16.2. The van der Waals surface area contributed by atoms with Gasteiger partial charge in [-0.25, -0.2) is 4.79 Å². The Bertz CT molecular complexity index is 1190. The molecule has 0 unspecified atom stereocenters. The summed E-state index contributed by atoms with van der Waals surface area (Å²) >= 11 is 1.68. The summed E-state index contributed by atoms with van der Waals surface area (Å²) in [6.45, 7) is 0.454. The first kappa shape index (κ1) is 17.3. The summed E-state index contributed by atoms with van der Waals surface area (Å²) in [6, 6.07) is 18.6. The molecule has 2 aromatic heterocycles. The molecule has 0 amide bonds. The molecule has 0 atom stereocenters. The van der Waals surface area contributed by atoms with Crippen molar-refractivity contribution in [3.63, 3.8) is 0 Å². The fourth-order valence-corrected chi connectivity index (χ4v) is 5.07. The van der Waals surface area contributed by atoms with Crippen LogP contribution in [0, 0.1) is 0 Å². The average molecular weight is 388 g/mol. The Morgan fingerprint density at radius 3 is 2.82 bits per heavy atom. The SMILES string of the molecule is O=c1nc(SCc2cccc3ccccc23)c2c(n1Cc1ccco1)CCC2. The molecule has 4 nitrogen and oxygen atoms in total. The molecule has 0 fully saturated rings. The molecule has 0 aliphatic heterocycles. The van der Waals surface area contributed by atoms with Gasteiger partial charge >= 0.3 is 5.69 Å². The van der Waals surface area contributed by atoms with Crippen LogP contribution in [-0.2, 0) is 25.1 Å². The minimum atomic E-state index is -0.183. The lowest BCUT2D eigenvalue weighted by atomic mass is 10.1. The van der Waals surface area contributed by atoms with Crippen molar-refractivity contribution in [2.45, 2.75) is 36.6 Å². The van der Waals surface area contributed by atoms with E-state index in [-0.39, 0.29) is 5.69 Å². The van der Waals surface area contributed by atoms with Crippen LogP contribution in [0.3, 0.4) is 0 Å². The van der Waals surface area contributed by atoms with Crippen LogP contribution in [0.1, 0.15) is 29.0 Å². The van der Waals surface area contributed by atoms with E-state index >= 15 is 0 Å². The Hall–Kier alpha value is -2.79. The molecule has 0 bridgehead atoms. The predicted molar refractivity (Wildman–Crippen MR) is 112 cm³/mol. The van der Waals surface area contributed by atoms with E-state index in [4.69, 9.17) is 4.42 Å². The van der Waals surface area contributed by atoms with Gasteiger partial charge in [0.2, 0.25) is 0 Å². The molecular formula is C23H20N2O2S. The van der Waals surface area contributed by atoms with Crippen molar-refractivity contribution < 1.29 is 4.42 Å². The number of hydrogen-bond donors (Lipinski definition) is 0. The van der Waals surface area contributed by atoms with Gasteiger partial charge in [0.05, 0.1) is 12.8 Å². The van der Waals surface area contributed by atoms with E-state index in [1.165, 1.54) is 21.9 Å². The standard InChI is InChI=1S/C23H20N2O2S/c26-23-24-22(28-15-17-8-3-7-16-6-1-2-10-19(16)17)20-11-4-12-21(20)25(23)14-18-9-5-13-27-18/h1-3,5-10,13H,4,11-12,14-15H2. The third-order valence-electron chi connectivity index (χ3n) is 5.34. The van der Waals surface area contributed by atoms with Crippen LogP contribution in [0.4, 0.5) is 0 Å². The number of fused-ring (bicyclic) bond motifs is 2. The number of thioether (sulfide) groups is 1. The van der Waals surface area contributed by atoms with Gasteiger partial charge in [-0.3, -0.25) is 4.57 Å². The van der Waals surface area contributed by atoms with Crippen LogP contribution in [0.5, 0.6) is 0 Å². The Morgan fingerprint density at radius 2 is 1.93 bits per heavy atom. The van der Waals surface area contributed by atoms with E-state index in [0.717, 1.165) is 41.5 Å². The molecule has 0 N–H and O–H groups in total. The normalized spacial score (nSPS) is 13.1. The van der Waals surface area contributed by atoms with E-state index < -0.39 is 0 Å². The van der Waals surface area contributed by atoms with Crippen LogP contribution in [0.15, 0.2) is 75.1 Å². The lowest BCUT2D eigenvalue weighted by molar-refractivity contribution is 0.481. The molecule has 2 aromatic carbocycles. The second-order valence-electron chi connectivity index (χ2n) is 7.07. The maximum atomic E-state index is 12.7. The molecule has 1 aliphatic carbocycles. The molecule has 0 spiro atoms. The summed E-state index contributed by atoms with van der Waals surface area (Å²) < 4.78 is 7.22. The molecule has 28 heavy (non-hydrogen) atoms. The van der Waals surface area contributed by atoms with Gasteiger partial charge in [0.25, 0.3) is 0 Å². The second-order valence-corrected chi connectivity index (χ2v) is 8.03. The summed E-state index contributed by atoms with van der Waals surface area (Å²) in [4.78, 5) is 17.2. The third-order valence-corrected chi connectivity index (χ3v) is 6.41. The van der Waals surface area contributed by atoms with Gasteiger partial charge in [-0.2, -0.15) is 4.98 Å². The zero-order valence-electron chi connectivity index (χ0n) is 15.4. The molecule has 0 saturated carbocycles. The Labute approximate surface area is 167 Å². The van der Waals surface area contributed by atoms with Gasteiger partial charge in [-0.05, 0) is 47.7 Å². The second kappa shape index (κ2) is 7.32. The molecule has 0 saturated heterocycles. The molecule has 4 aromatic rings. The average Bonchev–Trinajstić information content (AvgIpc) is 3.41. The van der Waals surface area contributed by atoms with Gasteiger partial charge in [0.1, 0.15) is 10.8 Å². The van der Waals surface area contributed by atoms with Crippen LogP contribution in [0.25, 0.3) is 10.8 Å². The van der Waals surface area contributed by atoms with E-state index in [0.29, 0.717) is 6.54 Å². The summed E-state index contributed by atoms with van der Waals surface area (Å²) in [6.07, 6.45) is 4.62. The fraction of sp³-hybridized carbons (Fsp3) is 0.217. The third kappa shape index (κ3) is 3.16. The van der Waals surface area contributed by atoms with Crippen LogP contribution < -0.4 is 5.69 Å². The summed E-state index contributed by atoms with van der Waals surface area (Å²) in [7, 11) is 0. The van der Waals surface area contributed by atoms with Crippen LogP contribution in [-0.4, -0.2) is 9.55 Å². The highest BCUT2D eigenvalue weighted by atomic mass is 32.2. The molecule has 0 radical (unpaired) electrons. The predicted octanol–water partition coefficient (Wildman–Crippen LogP) is 4.82. The fourth-order valence-electron chi connectivity index (χ4n) is 3.99. The van der Waals surface area contributed by atoms with Gasteiger partial charge in [-0.15, -0.1) is 11.8 Å². The summed E-state index contributed by atoms with van der Waals surface area (Å²) in [5.41, 5.74) is 3.45. The number of nitrogens with zero attached hydrogens (tertiary/aromatic N) is 2. The van der Waals surface area contributed by atoms with Gasteiger partial charge in [-0.1, -0.05) is 42.5 Å². The van der Waals surface area contributed by atoms with Gasteiger partial charge in [0.15, 0.2) is 0 Å². The Kier molecular flexibility index (Phi) is 4.53. The maximum Gasteiger partial charge on any atom is 0.349 e. The van der Waals surface area contributed by atoms with Crippen molar-refractivity contribution in [1.29, 1.82) is 0 Å². The van der Waals surface area contributed by atoms with Crippen molar-refractivity contribution in [3.8, 4) is 0 Å². The zero-order chi connectivity index (χ0) is 18.9. The van der Waals surface area contributed by atoms with Crippen molar-refractivity contribution in [3.05, 3.63) is 93.9 Å². The van der Waals surface area contributed by atoms with Gasteiger partial charge in [0, 0.05) is 17.0 Å². The first-order chi connectivity index (χ1) is 13.8. The highest BCUT2D eigenvalue weighted by Gasteiger charge is 2.22. The number of benzene rings is 2. The quantitative estimate of drug-likeness (QED) is 0.363. The van der Waals surface area contributed by atoms with Gasteiger partial charge < -0.3 is 4.42 Å². The molecule has 1 aliphatic rings. The summed E-state index contributed by atoms with van der Waals surface area (Å²) in [5, 5.41) is 3.40. The van der Waals surface area contributed by atoms with Crippen molar-refractivity contribution in [2.75, 3.05) is 0 Å². The monoisotopic (exact) mass is 388 g/mol. The van der Waals surface area contributed by atoms with E-state index in [1.807, 2.05) is 12.1 Å². The minimum Gasteiger partial charge on any atom is -0.467 e. The van der Waals surface area contributed by atoms with Crippen molar-refractivity contribution >= 4 is 22.5 Å². The number of aromatic nitrogens is 2. The van der Waals surface area contributed by atoms with E-state index in [2.05, 4.69) is 47.4 Å². The molecule has 5 heteroatoms. The minimum absolute atomic E-state index is 0.183. The number of rotatable bonds is 5. The lowest BCUT2D eigenvalue weighted by Gasteiger charge is -2.13. The van der Waals surface area contributed by atoms with Crippen LogP contribution in [0.2, 0.25) is 0 Å². The van der Waals surface area contributed by atoms with E-state index in [1.54, 1.807) is 22.6 Å². The van der Waals surface area contributed by atoms with Crippen molar-refractivity contribution in [2.24, 2.45) is 0 Å². The molecule has 140 valence electrons.